The number of nitrogens with one attached hydrogen (secondary N) is 3. The summed E-state index contributed by atoms with van der Waals surface area (Å²) in [5, 5.41) is 33.9. The minimum absolute atomic E-state index is 0.0464. The predicted octanol–water partition coefficient (Wildman–Crippen LogP) is 4.70. The molecule has 2 aromatic rings. The van der Waals surface area contributed by atoms with Gasteiger partial charge in [-0.05, 0) is 69.1 Å². The molecule has 2 aliphatic carbocycles. The Labute approximate surface area is 212 Å². The molecule has 10 nitrogen and oxygen atoms in total. The van der Waals surface area contributed by atoms with Crippen LogP contribution in [0.25, 0.3) is 11.2 Å². The third kappa shape index (κ3) is 5.53. The molecule has 4 rings (SSSR count). The zero-order valence-electron chi connectivity index (χ0n) is 21.5. The number of amidine groups is 1. The van der Waals surface area contributed by atoms with Gasteiger partial charge in [0.05, 0.1) is 0 Å². The number of aromatic nitrogens is 4. The average Bonchev–Trinajstić information content (AvgIpc) is 3.15. The van der Waals surface area contributed by atoms with Crippen molar-refractivity contribution >= 4 is 28.9 Å². The average molecular weight is 498 g/mol. The molecule has 2 aliphatic rings. The lowest BCUT2D eigenvalue weighted by Crippen LogP contribution is -2.33. The summed E-state index contributed by atoms with van der Waals surface area (Å²) in [6, 6.07) is 0.149. The van der Waals surface area contributed by atoms with Gasteiger partial charge in [0.25, 0.3) is 0 Å². The van der Waals surface area contributed by atoms with Crippen molar-refractivity contribution in [2.24, 2.45) is 23.7 Å². The minimum Gasteiger partial charge on any atom is -0.465 e. The van der Waals surface area contributed by atoms with E-state index in [9.17, 15) is 9.90 Å². The third-order valence-corrected chi connectivity index (χ3v) is 7.87. The second kappa shape index (κ2) is 10.9. The molecule has 196 valence electrons. The SMILES string of the molecule is C=C[C@H]1CC[C@H](Cn2c(C(O)C(C)C)nc3nc(C(=N)NC(=O)O)nc(N[C@H](C)C4CCC4)c32)CC1. The minimum atomic E-state index is -1.35. The second-order valence-corrected chi connectivity index (χ2v) is 10.8. The Balaban J connectivity index is 1.80. The summed E-state index contributed by atoms with van der Waals surface area (Å²) in [4.78, 5) is 24.9. The molecule has 1 amide bonds. The zero-order chi connectivity index (χ0) is 26.0. The van der Waals surface area contributed by atoms with Gasteiger partial charge in [-0.2, -0.15) is 0 Å². The summed E-state index contributed by atoms with van der Waals surface area (Å²) < 4.78 is 2.06. The predicted molar refractivity (Wildman–Crippen MR) is 139 cm³/mol. The number of imidazole rings is 1. The van der Waals surface area contributed by atoms with Crippen LogP contribution in [-0.2, 0) is 6.54 Å². The van der Waals surface area contributed by atoms with Crippen LogP contribution in [0, 0.1) is 29.1 Å². The van der Waals surface area contributed by atoms with Crippen LogP contribution in [0.1, 0.15) is 83.5 Å². The van der Waals surface area contributed by atoms with Gasteiger partial charge in [0.1, 0.15) is 17.4 Å². The van der Waals surface area contributed by atoms with E-state index in [0.717, 1.165) is 38.5 Å². The Morgan fingerprint density at radius 3 is 2.42 bits per heavy atom. The first-order valence-corrected chi connectivity index (χ1v) is 13.1. The zero-order valence-corrected chi connectivity index (χ0v) is 21.5. The Morgan fingerprint density at radius 1 is 1.17 bits per heavy atom. The molecule has 5 N–H and O–H groups in total. The maximum Gasteiger partial charge on any atom is 0.410 e. The number of rotatable bonds is 9. The van der Waals surface area contributed by atoms with Gasteiger partial charge in [0.15, 0.2) is 23.1 Å². The van der Waals surface area contributed by atoms with E-state index in [4.69, 9.17) is 15.5 Å². The second-order valence-electron chi connectivity index (χ2n) is 10.8. The summed E-state index contributed by atoms with van der Waals surface area (Å²) in [5.74, 6) is 2.07. The molecule has 36 heavy (non-hydrogen) atoms. The molecule has 2 atom stereocenters. The van der Waals surface area contributed by atoms with Crippen molar-refractivity contribution < 1.29 is 15.0 Å². The molecular weight excluding hydrogens is 458 g/mol. The van der Waals surface area contributed by atoms with Crippen LogP contribution in [0.2, 0.25) is 0 Å². The molecule has 2 heterocycles. The number of aliphatic hydroxyl groups excluding tert-OH is 1. The number of carbonyl (C=O) groups is 1. The number of hydrogen-bond acceptors (Lipinski definition) is 7. The Hall–Kier alpha value is -3.01. The molecule has 2 aromatic heterocycles. The Bertz CT molecular complexity index is 1120. The molecule has 2 saturated carbocycles. The summed E-state index contributed by atoms with van der Waals surface area (Å²) >= 11 is 0. The van der Waals surface area contributed by atoms with E-state index in [1.54, 1.807) is 0 Å². The first kappa shape index (κ1) is 26.1. The van der Waals surface area contributed by atoms with Crippen molar-refractivity contribution in [2.75, 3.05) is 5.32 Å². The lowest BCUT2D eigenvalue weighted by atomic mass is 9.80. The summed E-state index contributed by atoms with van der Waals surface area (Å²) in [6.45, 7) is 10.7. The standard InChI is InChI=1S/C26H39N7O3/c1-5-16-9-11-17(12-10-16)13-33-19-22(28-15(4)18-7-6-8-18)30-24(21(27)29-26(35)36)31-23(19)32-25(33)20(34)14(2)3/h5,14-18,20,34H,1,6-13H2,2-4H3,(H2,27,29)(H,35,36)(H,28,30,31)/t15-,16-,17-,20?/m1/s1. The van der Waals surface area contributed by atoms with Gasteiger partial charge in [-0.3, -0.25) is 10.7 Å². The molecule has 10 heteroatoms. The Morgan fingerprint density at radius 2 is 1.86 bits per heavy atom. The molecule has 0 spiro atoms. The van der Waals surface area contributed by atoms with Gasteiger partial charge in [-0.1, -0.05) is 26.3 Å². The topological polar surface area (TPSA) is 149 Å². The van der Waals surface area contributed by atoms with Crippen molar-refractivity contribution in [3.05, 3.63) is 24.3 Å². The van der Waals surface area contributed by atoms with Gasteiger partial charge < -0.3 is 20.1 Å². The summed E-state index contributed by atoms with van der Waals surface area (Å²) in [6.07, 6.45) is 7.76. The number of aliphatic hydroxyl groups is 1. The fourth-order valence-corrected chi connectivity index (χ4v) is 5.27. The summed E-state index contributed by atoms with van der Waals surface area (Å²) in [7, 11) is 0. The van der Waals surface area contributed by atoms with Crippen molar-refractivity contribution in [2.45, 2.75) is 84.4 Å². The molecule has 0 bridgehead atoms. The maximum absolute atomic E-state index is 11.2. The van der Waals surface area contributed by atoms with Crippen molar-refractivity contribution in [1.82, 2.24) is 24.8 Å². The van der Waals surface area contributed by atoms with Crippen LogP contribution < -0.4 is 10.6 Å². The molecular formula is C26H39N7O3. The smallest absolute Gasteiger partial charge is 0.410 e. The number of fused-ring (bicyclic) bond motifs is 1. The highest BCUT2D eigenvalue weighted by atomic mass is 16.4. The molecule has 2 fully saturated rings. The highest BCUT2D eigenvalue weighted by Crippen LogP contribution is 2.36. The fraction of sp³-hybridized carbons (Fsp3) is 0.654. The Kier molecular flexibility index (Phi) is 7.92. The van der Waals surface area contributed by atoms with Gasteiger partial charge in [0.2, 0.25) is 0 Å². The number of amides is 1. The van der Waals surface area contributed by atoms with Gasteiger partial charge >= 0.3 is 6.09 Å². The van der Waals surface area contributed by atoms with Crippen LogP contribution in [-0.4, -0.2) is 47.7 Å². The number of carboxylic acid groups (broad SMARTS) is 1. The molecule has 0 saturated heterocycles. The van der Waals surface area contributed by atoms with Crippen molar-refractivity contribution in [1.29, 1.82) is 5.41 Å². The monoisotopic (exact) mass is 497 g/mol. The number of anilines is 1. The first-order valence-electron chi connectivity index (χ1n) is 13.1. The fourth-order valence-electron chi connectivity index (χ4n) is 5.27. The van der Waals surface area contributed by atoms with Crippen LogP contribution in [0.15, 0.2) is 12.7 Å². The maximum atomic E-state index is 11.2. The molecule has 0 aliphatic heterocycles. The van der Waals surface area contributed by atoms with E-state index in [-0.39, 0.29) is 17.8 Å². The van der Waals surface area contributed by atoms with E-state index in [1.165, 1.54) is 6.42 Å². The quantitative estimate of drug-likeness (QED) is 0.191. The van der Waals surface area contributed by atoms with Gasteiger partial charge in [0, 0.05) is 12.6 Å². The first-order chi connectivity index (χ1) is 17.2. The van der Waals surface area contributed by atoms with Crippen molar-refractivity contribution in [3.63, 3.8) is 0 Å². The third-order valence-electron chi connectivity index (χ3n) is 7.87. The lowest BCUT2D eigenvalue weighted by molar-refractivity contribution is 0.112. The van der Waals surface area contributed by atoms with E-state index < -0.39 is 18.0 Å². The van der Waals surface area contributed by atoms with Crippen LogP contribution >= 0.6 is 0 Å². The normalized spacial score (nSPS) is 22.1. The number of hydrogen-bond donors (Lipinski definition) is 5. The highest BCUT2D eigenvalue weighted by molar-refractivity contribution is 6.03. The van der Waals surface area contributed by atoms with E-state index in [1.807, 2.05) is 19.2 Å². The van der Waals surface area contributed by atoms with Gasteiger partial charge in [-0.25, -0.2) is 19.7 Å². The van der Waals surface area contributed by atoms with Crippen LogP contribution in [0.5, 0.6) is 0 Å². The van der Waals surface area contributed by atoms with Gasteiger partial charge in [-0.15, -0.1) is 6.58 Å². The van der Waals surface area contributed by atoms with Crippen LogP contribution in [0.3, 0.4) is 0 Å². The van der Waals surface area contributed by atoms with E-state index in [2.05, 4.69) is 39.4 Å². The molecule has 0 radical (unpaired) electrons. The molecule has 1 unspecified atom stereocenters. The largest absolute Gasteiger partial charge is 0.465 e. The lowest BCUT2D eigenvalue weighted by Gasteiger charge is -2.32. The van der Waals surface area contributed by atoms with Crippen LogP contribution in [0.4, 0.5) is 10.6 Å². The van der Waals surface area contributed by atoms with E-state index in [0.29, 0.717) is 47.1 Å². The summed E-state index contributed by atoms with van der Waals surface area (Å²) in [5.41, 5.74) is 1.06. The van der Waals surface area contributed by atoms with Crippen molar-refractivity contribution in [3.8, 4) is 0 Å². The van der Waals surface area contributed by atoms with E-state index >= 15 is 0 Å². The molecule has 0 aromatic carbocycles. The number of allylic oxidation sites excluding steroid dienone is 1. The highest BCUT2D eigenvalue weighted by Gasteiger charge is 2.30. The number of nitrogens with zero attached hydrogens (tertiary/aromatic N) is 4.